The molecule has 4 nitrogen and oxygen atoms in total. The van der Waals surface area contributed by atoms with Crippen molar-refractivity contribution in [2.45, 2.75) is 148 Å². The standard InChI is InChI=1S/C67H70N4S/c1-62(2,3)41-24-29-44(30-25-41)68-54-33-28-43(64(7,8)9)36-55(54)70-60-56(68)37-46(71-53-23-17-16-22-51(53)66(12)34-18-19-35-67(66,71)13)38-57(60)69(45-31-26-42(27-32-45)63(4,5)6)59-49-39-48-47-20-14-15-21-50(47)65(10,11)52(48)40-58(49)72-61(59)70/h14-17,20-33,36-40H,18-19,34-35H2,1-13H3. The number of nitrogens with zero attached hydrogens (tertiary/aromatic N) is 4. The minimum atomic E-state index is -0.127. The number of hydrogen-bond donors (Lipinski definition) is 0. The largest absolute Gasteiger partial charge is 0.334 e. The molecule has 364 valence electrons. The first-order valence-electron chi connectivity index (χ1n) is 26.6. The number of hydrogen-bond acceptors (Lipinski definition) is 5. The molecular weight excluding hydrogens is 893 g/mol. The monoisotopic (exact) mass is 963 g/mol. The van der Waals surface area contributed by atoms with Crippen molar-refractivity contribution in [3.05, 3.63) is 173 Å². The van der Waals surface area contributed by atoms with Gasteiger partial charge in [0.15, 0.2) is 0 Å². The predicted molar refractivity (Wildman–Crippen MR) is 309 cm³/mol. The highest BCUT2D eigenvalue weighted by Crippen LogP contribution is 2.70. The molecule has 8 aromatic rings. The van der Waals surface area contributed by atoms with Gasteiger partial charge in [0.2, 0.25) is 0 Å². The summed E-state index contributed by atoms with van der Waals surface area (Å²) in [6.07, 6.45) is 4.78. The van der Waals surface area contributed by atoms with Crippen LogP contribution in [0.1, 0.15) is 149 Å². The van der Waals surface area contributed by atoms with Gasteiger partial charge in [-0.3, -0.25) is 4.90 Å². The number of anilines is 11. The molecule has 0 N–H and O–H groups in total. The Morgan fingerprint density at radius 3 is 1.65 bits per heavy atom. The van der Waals surface area contributed by atoms with Gasteiger partial charge in [0.1, 0.15) is 5.00 Å². The quantitative estimate of drug-likeness (QED) is 0.175. The van der Waals surface area contributed by atoms with E-state index in [2.05, 4.69) is 249 Å². The Balaban J connectivity index is 1.17. The molecule has 2 aliphatic carbocycles. The third-order valence-corrected chi connectivity index (χ3v) is 19.2. The van der Waals surface area contributed by atoms with Crippen LogP contribution in [0.2, 0.25) is 0 Å². The van der Waals surface area contributed by atoms with Gasteiger partial charge in [-0.05, 0) is 147 Å². The van der Waals surface area contributed by atoms with Gasteiger partial charge in [0, 0.05) is 43.7 Å². The SMILES string of the molecule is CC(C)(C)c1ccc(N2c3ccc(C(C)(C)C)cc3N3c4sc5cc6c(cc5c4N(c4ccc(C(C)(C)C)cc4)c4cc(N5c7ccccc7C7(C)CCCCC57C)cc2c43)-c2ccccc2C6(C)C)cc1. The molecule has 13 rings (SSSR count). The first-order valence-corrected chi connectivity index (χ1v) is 27.5. The molecule has 5 heteroatoms. The molecule has 1 saturated carbocycles. The van der Waals surface area contributed by atoms with Crippen LogP contribution in [-0.2, 0) is 27.1 Å². The highest BCUT2D eigenvalue weighted by atomic mass is 32.1. The number of thiophene rings is 1. The zero-order valence-electron chi connectivity index (χ0n) is 44.8. The summed E-state index contributed by atoms with van der Waals surface area (Å²) in [5, 5.41) is 2.56. The Bertz CT molecular complexity index is 3550. The number of rotatable bonds is 3. The van der Waals surface area contributed by atoms with Crippen LogP contribution in [0.3, 0.4) is 0 Å². The molecule has 3 aliphatic heterocycles. The molecule has 0 spiro atoms. The lowest BCUT2D eigenvalue weighted by molar-refractivity contribution is 0.195. The van der Waals surface area contributed by atoms with Gasteiger partial charge in [0.25, 0.3) is 0 Å². The van der Waals surface area contributed by atoms with Crippen LogP contribution in [-0.4, -0.2) is 5.54 Å². The van der Waals surface area contributed by atoms with Crippen LogP contribution < -0.4 is 19.6 Å². The summed E-state index contributed by atoms with van der Waals surface area (Å²) in [6, 6.07) is 55.1. The maximum Gasteiger partial charge on any atom is 0.126 e. The summed E-state index contributed by atoms with van der Waals surface area (Å²) in [4.78, 5) is 10.7. The predicted octanol–water partition coefficient (Wildman–Crippen LogP) is 19.9. The minimum Gasteiger partial charge on any atom is -0.334 e. The lowest BCUT2D eigenvalue weighted by atomic mass is 9.61. The highest BCUT2D eigenvalue weighted by molar-refractivity contribution is 7.24. The molecule has 4 heterocycles. The average Bonchev–Trinajstić information content (AvgIpc) is 3.89. The Kier molecular flexibility index (Phi) is 9.43. The maximum atomic E-state index is 2.79. The van der Waals surface area contributed by atoms with Crippen LogP contribution in [0.5, 0.6) is 0 Å². The third-order valence-electron chi connectivity index (χ3n) is 18.1. The summed E-state index contributed by atoms with van der Waals surface area (Å²) in [5.74, 6) is 0. The molecule has 2 unspecified atom stereocenters. The van der Waals surface area contributed by atoms with E-state index in [9.17, 15) is 0 Å². The van der Waals surface area contributed by atoms with E-state index in [4.69, 9.17) is 0 Å². The Morgan fingerprint density at radius 1 is 0.431 bits per heavy atom. The van der Waals surface area contributed by atoms with Gasteiger partial charge >= 0.3 is 0 Å². The Morgan fingerprint density at radius 2 is 1.00 bits per heavy atom. The van der Waals surface area contributed by atoms with Gasteiger partial charge in [-0.15, -0.1) is 11.3 Å². The second kappa shape index (κ2) is 14.9. The normalized spacial score (nSPS) is 20.5. The molecule has 1 fully saturated rings. The number of para-hydroxylation sites is 1. The lowest BCUT2D eigenvalue weighted by Crippen LogP contribution is -2.54. The Hall–Kier alpha value is -6.30. The van der Waals surface area contributed by atoms with E-state index in [1.807, 2.05) is 11.3 Å². The van der Waals surface area contributed by atoms with Crippen molar-refractivity contribution in [1.82, 2.24) is 0 Å². The zero-order chi connectivity index (χ0) is 50.2. The minimum absolute atomic E-state index is 0.00307. The van der Waals surface area contributed by atoms with Crippen molar-refractivity contribution in [3.8, 4) is 11.1 Å². The van der Waals surface area contributed by atoms with E-state index in [0.717, 1.165) is 6.42 Å². The molecule has 1 aromatic heterocycles. The zero-order valence-corrected chi connectivity index (χ0v) is 45.6. The van der Waals surface area contributed by atoms with Crippen molar-refractivity contribution < 1.29 is 0 Å². The topological polar surface area (TPSA) is 13.0 Å². The summed E-state index contributed by atoms with van der Waals surface area (Å²) < 4.78 is 1.32. The molecular formula is C67H70N4S. The fourth-order valence-corrected chi connectivity index (χ4v) is 15.0. The van der Waals surface area contributed by atoms with Crippen molar-refractivity contribution in [2.75, 3.05) is 19.6 Å². The van der Waals surface area contributed by atoms with Gasteiger partial charge in [-0.2, -0.15) is 0 Å². The summed E-state index contributed by atoms with van der Waals surface area (Å²) in [7, 11) is 0. The molecule has 0 radical (unpaired) electrons. The average molecular weight is 963 g/mol. The van der Waals surface area contributed by atoms with E-state index < -0.39 is 0 Å². The van der Waals surface area contributed by atoms with Gasteiger partial charge in [0.05, 0.1) is 39.7 Å². The summed E-state index contributed by atoms with van der Waals surface area (Å²) in [6.45, 7) is 30.9. The number of fused-ring (bicyclic) bond motifs is 12. The molecule has 0 saturated heterocycles. The fraction of sp³-hybridized carbons (Fsp3) is 0.343. The maximum absolute atomic E-state index is 2.79. The smallest absolute Gasteiger partial charge is 0.126 e. The molecule has 72 heavy (non-hydrogen) atoms. The van der Waals surface area contributed by atoms with E-state index >= 15 is 0 Å². The first-order chi connectivity index (χ1) is 34.1. The van der Waals surface area contributed by atoms with Crippen molar-refractivity contribution >= 4 is 83.3 Å². The summed E-state index contributed by atoms with van der Waals surface area (Å²) in [5.41, 5.74) is 22.9. The molecule has 0 bridgehead atoms. The van der Waals surface area contributed by atoms with Crippen molar-refractivity contribution in [1.29, 1.82) is 0 Å². The van der Waals surface area contributed by atoms with E-state index in [0.29, 0.717) is 0 Å². The van der Waals surface area contributed by atoms with Crippen molar-refractivity contribution in [3.63, 3.8) is 0 Å². The third kappa shape index (κ3) is 6.22. The van der Waals surface area contributed by atoms with Gasteiger partial charge in [-0.1, -0.05) is 169 Å². The number of benzene rings is 7. The highest BCUT2D eigenvalue weighted by Gasteiger charge is 2.58. The molecule has 0 amide bonds. The van der Waals surface area contributed by atoms with Gasteiger partial charge in [-0.25, -0.2) is 0 Å². The molecule has 7 aromatic carbocycles. The second-order valence-electron chi connectivity index (χ2n) is 25.9. The van der Waals surface area contributed by atoms with Crippen LogP contribution in [0.25, 0.3) is 21.2 Å². The first kappa shape index (κ1) is 45.6. The van der Waals surface area contributed by atoms with Gasteiger partial charge < -0.3 is 14.7 Å². The summed E-state index contributed by atoms with van der Waals surface area (Å²) >= 11 is 1.96. The van der Waals surface area contributed by atoms with Crippen LogP contribution in [0, 0.1) is 0 Å². The van der Waals surface area contributed by atoms with E-state index in [1.54, 1.807) is 0 Å². The van der Waals surface area contributed by atoms with Crippen LogP contribution in [0.4, 0.5) is 61.9 Å². The van der Waals surface area contributed by atoms with Crippen molar-refractivity contribution in [2.24, 2.45) is 0 Å². The second-order valence-corrected chi connectivity index (χ2v) is 26.9. The Labute approximate surface area is 432 Å². The molecule has 5 aliphatic rings. The van der Waals surface area contributed by atoms with Crippen LogP contribution in [0.15, 0.2) is 140 Å². The van der Waals surface area contributed by atoms with E-state index in [1.165, 1.54) is 136 Å². The fourth-order valence-electron chi connectivity index (χ4n) is 13.7. The van der Waals surface area contributed by atoms with Crippen LogP contribution >= 0.6 is 11.3 Å². The lowest BCUT2D eigenvalue weighted by Gasteiger charge is -2.51. The molecule has 2 atom stereocenters. The van der Waals surface area contributed by atoms with E-state index in [-0.39, 0.29) is 32.6 Å².